The standard InChI is InChI=1S/C12H5Cl3F3NO2/c13-7-2-6(3-8(14)10(7)20)21-11-9(15)1-5(4-19-11)12(16,17)18/h1-4,20H. The maximum atomic E-state index is 12.5. The van der Waals surface area contributed by atoms with Crippen LogP contribution in [0, 0.1) is 0 Å². The Morgan fingerprint density at radius 3 is 2.05 bits per heavy atom. The molecule has 0 aliphatic rings. The number of alkyl halides is 3. The van der Waals surface area contributed by atoms with Crippen molar-refractivity contribution in [3.63, 3.8) is 0 Å². The van der Waals surface area contributed by atoms with Gasteiger partial charge < -0.3 is 9.84 Å². The first-order valence-electron chi connectivity index (χ1n) is 5.27. The zero-order valence-corrected chi connectivity index (χ0v) is 12.1. The van der Waals surface area contributed by atoms with Crippen molar-refractivity contribution < 1.29 is 23.0 Å². The van der Waals surface area contributed by atoms with Crippen molar-refractivity contribution in [2.75, 3.05) is 0 Å². The smallest absolute Gasteiger partial charge is 0.417 e. The number of phenols is 1. The van der Waals surface area contributed by atoms with Gasteiger partial charge in [0.1, 0.15) is 10.8 Å². The number of aromatic nitrogens is 1. The largest absolute Gasteiger partial charge is 0.505 e. The van der Waals surface area contributed by atoms with E-state index in [0.29, 0.717) is 12.3 Å². The van der Waals surface area contributed by atoms with Gasteiger partial charge in [-0.25, -0.2) is 4.98 Å². The van der Waals surface area contributed by atoms with E-state index >= 15 is 0 Å². The summed E-state index contributed by atoms with van der Waals surface area (Å²) in [6, 6.07) is 3.13. The van der Waals surface area contributed by atoms with Crippen molar-refractivity contribution in [1.29, 1.82) is 0 Å². The van der Waals surface area contributed by atoms with Crippen LogP contribution in [0.2, 0.25) is 15.1 Å². The first-order valence-corrected chi connectivity index (χ1v) is 6.40. The van der Waals surface area contributed by atoms with E-state index in [1.54, 1.807) is 0 Å². The zero-order chi connectivity index (χ0) is 15.8. The lowest BCUT2D eigenvalue weighted by atomic mass is 10.3. The van der Waals surface area contributed by atoms with Crippen LogP contribution in [0.5, 0.6) is 17.4 Å². The molecule has 0 amide bonds. The first kappa shape index (κ1) is 16.0. The van der Waals surface area contributed by atoms with E-state index in [1.807, 2.05) is 0 Å². The van der Waals surface area contributed by atoms with Crippen LogP contribution in [0.15, 0.2) is 24.4 Å². The molecule has 0 unspecified atom stereocenters. The number of hydrogen-bond donors (Lipinski definition) is 1. The van der Waals surface area contributed by atoms with Gasteiger partial charge in [-0.3, -0.25) is 0 Å². The average Bonchev–Trinajstić information content (AvgIpc) is 2.37. The fourth-order valence-electron chi connectivity index (χ4n) is 1.37. The fourth-order valence-corrected chi connectivity index (χ4v) is 2.04. The molecule has 2 aromatic rings. The molecule has 21 heavy (non-hydrogen) atoms. The van der Waals surface area contributed by atoms with Crippen molar-refractivity contribution in [1.82, 2.24) is 4.98 Å². The molecule has 1 N–H and O–H groups in total. The quantitative estimate of drug-likeness (QED) is 0.764. The molecule has 2 rings (SSSR count). The van der Waals surface area contributed by atoms with Gasteiger partial charge in [-0.2, -0.15) is 13.2 Å². The summed E-state index contributed by atoms with van der Waals surface area (Å²) in [5, 5.41) is 8.90. The molecule has 1 heterocycles. The Labute approximate surface area is 131 Å². The molecule has 0 saturated heterocycles. The van der Waals surface area contributed by atoms with Crippen LogP contribution in [0.3, 0.4) is 0 Å². The Hall–Kier alpha value is -1.37. The van der Waals surface area contributed by atoms with Gasteiger partial charge in [0, 0.05) is 18.3 Å². The van der Waals surface area contributed by atoms with Crippen LogP contribution in [-0.4, -0.2) is 10.1 Å². The fraction of sp³-hybridized carbons (Fsp3) is 0.0833. The van der Waals surface area contributed by atoms with Gasteiger partial charge in [-0.1, -0.05) is 34.8 Å². The summed E-state index contributed by atoms with van der Waals surface area (Å²) in [7, 11) is 0. The van der Waals surface area contributed by atoms with E-state index in [0.717, 1.165) is 0 Å². The molecule has 0 spiro atoms. The first-order chi connectivity index (χ1) is 9.68. The van der Waals surface area contributed by atoms with E-state index in [-0.39, 0.29) is 32.4 Å². The summed E-state index contributed by atoms with van der Waals surface area (Å²) in [6.07, 6.45) is -3.97. The second-order valence-corrected chi connectivity index (χ2v) is 5.07. The highest BCUT2D eigenvalue weighted by Gasteiger charge is 2.31. The third kappa shape index (κ3) is 3.64. The maximum Gasteiger partial charge on any atom is 0.417 e. The molecular weight excluding hydrogens is 353 g/mol. The van der Waals surface area contributed by atoms with Crippen molar-refractivity contribution in [3.05, 3.63) is 45.0 Å². The van der Waals surface area contributed by atoms with Crippen LogP contribution >= 0.6 is 34.8 Å². The number of benzene rings is 1. The topological polar surface area (TPSA) is 42.4 Å². The summed E-state index contributed by atoms with van der Waals surface area (Å²) in [5.41, 5.74) is -0.998. The van der Waals surface area contributed by atoms with Crippen molar-refractivity contribution in [2.45, 2.75) is 6.18 Å². The molecule has 3 nitrogen and oxygen atoms in total. The van der Waals surface area contributed by atoms with E-state index in [4.69, 9.17) is 39.5 Å². The minimum Gasteiger partial charge on any atom is -0.505 e. The summed E-state index contributed by atoms with van der Waals surface area (Å²) in [6.45, 7) is 0. The Kier molecular flexibility index (Phi) is 4.41. The van der Waals surface area contributed by atoms with Gasteiger partial charge in [0.2, 0.25) is 5.88 Å². The average molecular weight is 359 g/mol. The van der Waals surface area contributed by atoms with Crippen LogP contribution < -0.4 is 4.74 Å². The van der Waals surface area contributed by atoms with Gasteiger partial charge in [-0.15, -0.1) is 0 Å². The second kappa shape index (κ2) is 5.79. The van der Waals surface area contributed by atoms with Crippen LogP contribution in [0.1, 0.15) is 5.56 Å². The number of aromatic hydroxyl groups is 1. The number of pyridine rings is 1. The number of halogens is 6. The van der Waals surface area contributed by atoms with Gasteiger partial charge in [0.15, 0.2) is 5.75 Å². The van der Waals surface area contributed by atoms with Crippen molar-refractivity contribution in [2.24, 2.45) is 0 Å². The molecule has 0 saturated carbocycles. The van der Waals surface area contributed by atoms with E-state index in [9.17, 15) is 18.3 Å². The summed E-state index contributed by atoms with van der Waals surface area (Å²) in [4.78, 5) is 3.50. The maximum absolute atomic E-state index is 12.5. The zero-order valence-electron chi connectivity index (χ0n) is 9.88. The lowest BCUT2D eigenvalue weighted by Crippen LogP contribution is -2.05. The lowest BCUT2D eigenvalue weighted by Gasteiger charge is -2.11. The number of nitrogens with zero attached hydrogens (tertiary/aromatic N) is 1. The predicted molar refractivity (Wildman–Crippen MR) is 72.4 cm³/mol. The highest BCUT2D eigenvalue weighted by atomic mass is 35.5. The monoisotopic (exact) mass is 357 g/mol. The molecule has 0 aliphatic carbocycles. The Balaban J connectivity index is 2.32. The Morgan fingerprint density at radius 1 is 1.00 bits per heavy atom. The number of hydrogen-bond acceptors (Lipinski definition) is 3. The number of phenolic OH excluding ortho intramolecular Hbond substituents is 1. The molecular formula is C12H5Cl3F3NO2. The van der Waals surface area contributed by atoms with Crippen molar-refractivity contribution in [3.8, 4) is 17.4 Å². The van der Waals surface area contributed by atoms with Gasteiger partial charge in [0.25, 0.3) is 0 Å². The van der Waals surface area contributed by atoms with Gasteiger partial charge in [-0.05, 0) is 6.07 Å². The molecule has 0 bridgehead atoms. The molecule has 0 atom stereocenters. The Bertz CT molecular complexity index is 669. The van der Waals surface area contributed by atoms with Crippen LogP contribution in [0.4, 0.5) is 13.2 Å². The van der Waals surface area contributed by atoms with Gasteiger partial charge >= 0.3 is 6.18 Å². The van der Waals surface area contributed by atoms with Crippen LogP contribution in [-0.2, 0) is 6.18 Å². The number of ether oxygens (including phenoxy) is 1. The third-order valence-corrected chi connectivity index (χ3v) is 3.19. The minimum absolute atomic E-state index is 0.0666. The SMILES string of the molecule is Oc1c(Cl)cc(Oc2ncc(C(F)(F)F)cc2Cl)cc1Cl. The molecule has 9 heteroatoms. The lowest BCUT2D eigenvalue weighted by molar-refractivity contribution is -0.137. The normalized spacial score (nSPS) is 11.5. The highest BCUT2D eigenvalue weighted by molar-refractivity contribution is 6.37. The summed E-state index contributed by atoms with van der Waals surface area (Å²) < 4.78 is 42.6. The molecule has 0 aliphatic heterocycles. The summed E-state index contributed by atoms with van der Waals surface area (Å²) in [5.74, 6) is -0.517. The molecule has 0 radical (unpaired) electrons. The minimum atomic E-state index is -4.56. The predicted octanol–water partition coefficient (Wildman–Crippen LogP) is 5.56. The van der Waals surface area contributed by atoms with E-state index in [1.165, 1.54) is 12.1 Å². The highest BCUT2D eigenvalue weighted by Crippen LogP contribution is 2.39. The third-order valence-electron chi connectivity index (χ3n) is 2.34. The molecule has 1 aromatic heterocycles. The Morgan fingerprint density at radius 2 is 1.57 bits per heavy atom. The van der Waals surface area contributed by atoms with E-state index < -0.39 is 11.7 Å². The summed E-state index contributed by atoms with van der Waals surface area (Å²) >= 11 is 17.1. The number of rotatable bonds is 2. The molecule has 1 aromatic carbocycles. The molecule has 0 fully saturated rings. The molecule has 112 valence electrons. The second-order valence-electron chi connectivity index (χ2n) is 3.85. The van der Waals surface area contributed by atoms with E-state index in [2.05, 4.69) is 4.98 Å². The van der Waals surface area contributed by atoms with Crippen molar-refractivity contribution >= 4 is 34.8 Å². The van der Waals surface area contributed by atoms with Crippen LogP contribution in [0.25, 0.3) is 0 Å². The van der Waals surface area contributed by atoms with Gasteiger partial charge in [0.05, 0.1) is 15.6 Å².